The molecule has 1 N–H and O–H groups in total. The highest BCUT2D eigenvalue weighted by atomic mass is 32.2. The molecular formula is C14H25N3S2. The Morgan fingerprint density at radius 2 is 2.21 bits per heavy atom. The molecule has 3 atom stereocenters. The maximum atomic E-state index is 4.54. The molecule has 0 saturated carbocycles. The van der Waals surface area contributed by atoms with Gasteiger partial charge in [0.05, 0.1) is 0 Å². The maximum absolute atomic E-state index is 4.54. The van der Waals surface area contributed by atoms with E-state index in [0.29, 0.717) is 11.3 Å². The van der Waals surface area contributed by atoms with E-state index in [4.69, 9.17) is 0 Å². The lowest BCUT2D eigenvalue weighted by Crippen LogP contribution is -2.46. The fourth-order valence-electron chi connectivity index (χ4n) is 2.67. The fourth-order valence-corrected chi connectivity index (χ4v) is 5.63. The van der Waals surface area contributed by atoms with Gasteiger partial charge in [0.15, 0.2) is 0 Å². The molecule has 3 nitrogen and oxygen atoms in total. The standard InChI is InChI=1S/C14H25N3S2/c1-4-15-12(14-11(3)18-8-9-19-14)10-13-16-6-7-17(13)5-2/h6-7,11-12,14-15H,4-5,8-10H2,1-3H3. The smallest absolute Gasteiger partial charge is 0.110 e. The highest BCUT2D eigenvalue weighted by molar-refractivity contribution is 8.07. The van der Waals surface area contributed by atoms with Crippen molar-refractivity contribution in [3.8, 4) is 0 Å². The number of likely N-dealkylation sites (N-methyl/N-ethyl adjacent to an activating group) is 1. The minimum absolute atomic E-state index is 0.533. The Balaban J connectivity index is 2.06. The van der Waals surface area contributed by atoms with Crippen LogP contribution < -0.4 is 5.32 Å². The Bertz CT molecular complexity index is 381. The van der Waals surface area contributed by atoms with Crippen LogP contribution in [0.5, 0.6) is 0 Å². The molecule has 0 spiro atoms. The van der Waals surface area contributed by atoms with Gasteiger partial charge in [0.2, 0.25) is 0 Å². The Morgan fingerprint density at radius 3 is 2.89 bits per heavy atom. The number of thioether (sulfide) groups is 2. The molecule has 1 aromatic rings. The summed E-state index contributed by atoms with van der Waals surface area (Å²) in [7, 11) is 0. The molecule has 1 aliphatic heterocycles. The van der Waals surface area contributed by atoms with Crippen LogP contribution >= 0.6 is 23.5 Å². The highest BCUT2D eigenvalue weighted by Gasteiger charge is 2.30. The second-order valence-electron chi connectivity index (χ2n) is 4.91. The molecular weight excluding hydrogens is 274 g/mol. The predicted octanol–water partition coefficient (Wildman–Crippen LogP) is 2.66. The van der Waals surface area contributed by atoms with Crippen molar-refractivity contribution in [2.45, 2.75) is 50.3 Å². The average molecular weight is 300 g/mol. The van der Waals surface area contributed by atoms with Gasteiger partial charge in [-0.2, -0.15) is 23.5 Å². The Labute approximate surface area is 125 Å². The summed E-state index contributed by atoms with van der Waals surface area (Å²) in [5, 5.41) is 5.11. The molecule has 0 aromatic carbocycles. The van der Waals surface area contributed by atoms with E-state index in [-0.39, 0.29) is 0 Å². The van der Waals surface area contributed by atoms with E-state index in [1.807, 2.05) is 6.20 Å². The van der Waals surface area contributed by atoms with Gasteiger partial charge in [0.25, 0.3) is 0 Å². The van der Waals surface area contributed by atoms with Crippen molar-refractivity contribution in [3.63, 3.8) is 0 Å². The summed E-state index contributed by atoms with van der Waals surface area (Å²) in [4.78, 5) is 4.54. The van der Waals surface area contributed by atoms with Crippen molar-refractivity contribution in [1.82, 2.24) is 14.9 Å². The van der Waals surface area contributed by atoms with Gasteiger partial charge in [0.1, 0.15) is 5.82 Å². The third kappa shape index (κ3) is 3.92. The first-order valence-corrected chi connectivity index (χ1v) is 9.32. The summed E-state index contributed by atoms with van der Waals surface area (Å²) in [6.45, 7) is 8.80. The molecule has 1 fully saturated rings. The number of nitrogens with one attached hydrogen (secondary N) is 1. The van der Waals surface area contributed by atoms with Crippen molar-refractivity contribution < 1.29 is 0 Å². The zero-order valence-corrected chi connectivity index (χ0v) is 13.8. The molecule has 0 aliphatic carbocycles. The van der Waals surface area contributed by atoms with E-state index >= 15 is 0 Å². The highest BCUT2D eigenvalue weighted by Crippen LogP contribution is 2.33. The van der Waals surface area contributed by atoms with Gasteiger partial charge in [-0.15, -0.1) is 0 Å². The third-order valence-electron chi connectivity index (χ3n) is 3.64. The summed E-state index contributed by atoms with van der Waals surface area (Å²) in [6, 6.07) is 0.533. The molecule has 1 aliphatic rings. The Kier molecular flexibility index (Phi) is 6.10. The van der Waals surface area contributed by atoms with Crippen LogP contribution in [-0.2, 0) is 13.0 Å². The first-order chi connectivity index (χ1) is 9.26. The molecule has 2 rings (SSSR count). The van der Waals surface area contributed by atoms with Crippen molar-refractivity contribution in [2.24, 2.45) is 0 Å². The number of imidazole rings is 1. The number of aromatic nitrogens is 2. The van der Waals surface area contributed by atoms with Crippen LogP contribution in [0.15, 0.2) is 12.4 Å². The largest absolute Gasteiger partial charge is 0.335 e. The molecule has 108 valence electrons. The first-order valence-electron chi connectivity index (χ1n) is 7.22. The van der Waals surface area contributed by atoms with Crippen LogP contribution in [-0.4, -0.2) is 44.1 Å². The second-order valence-corrected chi connectivity index (χ2v) is 7.68. The molecule has 1 aromatic heterocycles. The number of hydrogen-bond donors (Lipinski definition) is 1. The van der Waals surface area contributed by atoms with Crippen molar-refractivity contribution in [1.29, 1.82) is 0 Å². The van der Waals surface area contributed by atoms with E-state index in [0.717, 1.165) is 24.8 Å². The third-order valence-corrected chi connectivity index (χ3v) is 6.90. The Hall–Kier alpha value is -0.130. The lowest BCUT2D eigenvalue weighted by atomic mass is 10.1. The summed E-state index contributed by atoms with van der Waals surface area (Å²) in [5.41, 5.74) is 0. The van der Waals surface area contributed by atoms with Gasteiger partial charge in [-0.05, 0) is 13.5 Å². The van der Waals surface area contributed by atoms with Gasteiger partial charge in [-0.3, -0.25) is 0 Å². The molecule has 0 bridgehead atoms. The second kappa shape index (κ2) is 7.60. The lowest BCUT2D eigenvalue weighted by molar-refractivity contribution is 0.481. The van der Waals surface area contributed by atoms with E-state index in [9.17, 15) is 0 Å². The number of hydrogen-bond acceptors (Lipinski definition) is 4. The fraction of sp³-hybridized carbons (Fsp3) is 0.786. The Morgan fingerprint density at radius 1 is 1.42 bits per heavy atom. The number of rotatable bonds is 6. The van der Waals surface area contributed by atoms with Crippen LogP contribution in [0.1, 0.15) is 26.6 Å². The minimum Gasteiger partial charge on any atom is -0.335 e. The molecule has 19 heavy (non-hydrogen) atoms. The topological polar surface area (TPSA) is 29.9 Å². The summed E-state index contributed by atoms with van der Waals surface area (Å²) in [6.07, 6.45) is 5.05. The van der Waals surface area contributed by atoms with Crippen LogP contribution in [0, 0.1) is 0 Å². The van der Waals surface area contributed by atoms with Crippen LogP contribution in [0.2, 0.25) is 0 Å². The van der Waals surface area contributed by atoms with Gasteiger partial charge >= 0.3 is 0 Å². The van der Waals surface area contributed by atoms with Crippen molar-refractivity contribution in [3.05, 3.63) is 18.2 Å². The quantitative estimate of drug-likeness (QED) is 0.874. The molecule has 0 radical (unpaired) electrons. The van der Waals surface area contributed by atoms with Gasteiger partial charge in [-0.1, -0.05) is 13.8 Å². The molecule has 1 saturated heterocycles. The van der Waals surface area contributed by atoms with E-state index in [1.165, 1.54) is 17.3 Å². The predicted molar refractivity (Wildman–Crippen MR) is 87.2 cm³/mol. The van der Waals surface area contributed by atoms with Crippen LogP contribution in [0.3, 0.4) is 0 Å². The zero-order chi connectivity index (χ0) is 13.7. The zero-order valence-electron chi connectivity index (χ0n) is 12.1. The van der Waals surface area contributed by atoms with Gasteiger partial charge in [0, 0.05) is 53.4 Å². The number of aryl methyl sites for hydroxylation is 1. The SMILES string of the molecule is CCNC(Cc1nccn1CC)C1SCCSC1C. The average Bonchev–Trinajstić information content (AvgIpc) is 2.86. The maximum Gasteiger partial charge on any atom is 0.110 e. The lowest BCUT2D eigenvalue weighted by Gasteiger charge is -2.34. The normalized spacial score (nSPS) is 25.4. The molecule has 0 amide bonds. The monoisotopic (exact) mass is 299 g/mol. The van der Waals surface area contributed by atoms with E-state index < -0.39 is 0 Å². The number of nitrogens with zero attached hydrogens (tertiary/aromatic N) is 2. The van der Waals surface area contributed by atoms with E-state index in [1.54, 1.807) is 0 Å². The van der Waals surface area contributed by atoms with Gasteiger partial charge in [-0.25, -0.2) is 4.98 Å². The van der Waals surface area contributed by atoms with Crippen LogP contribution in [0.25, 0.3) is 0 Å². The molecule has 2 heterocycles. The summed E-state index contributed by atoms with van der Waals surface area (Å²) in [5.74, 6) is 3.80. The van der Waals surface area contributed by atoms with Crippen molar-refractivity contribution >= 4 is 23.5 Å². The summed E-state index contributed by atoms with van der Waals surface area (Å²) < 4.78 is 2.26. The van der Waals surface area contributed by atoms with Crippen LogP contribution in [0.4, 0.5) is 0 Å². The molecule has 3 unspecified atom stereocenters. The first kappa shape index (κ1) is 15.3. The minimum atomic E-state index is 0.533. The van der Waals surface area contributed by atoms with Crippen molar-refractivity contribution in [2.75, 3.05) is 18.1 Å². The molecule has 5 heteroatoms. The van der Waals surface area contributed by atoms with Gasteiger partial charge < -0.3 is 9.88 Å². The van der Waals surface area contributed by atoms with E-state index in [2.05, 4.69) is 65.4 Å². The summed E-state index contributed by atoms with van der Waals surface area (Å²) >= 11 is 4.25.